The first-order valence-corrected chi connectivity index (χ1v) is 18.4. The molecule has 1 nitrogen and oxygen atoms in total. The molecular weight excluding hydrogens is 631 g/mol. The number of thiophene rings is 2. The van der Waals surface area contributed by atoms with Crippen molar-refractivity contribution in [2.24, 2.45) is 0 Å². The molecule has 1 aliphatic carbocycles. The first-order valence-electron chi connectivity index (χ1n) is 16.8. The van der Waals surface area contributed by atoms with E-state index in [9.17, 15) is 0 Å². The molecule has 3 heterocycles. The molecule has 49 heavy (non-hydrogen) atoms. The van der Waals surface area contributed by atoms with Crippen molar-refractivity contribution in [2.45, 2.75) is 0 Å². The lowest BCUT2D eigenvalue weighted by Gasteiger charge is -2.13. The van der Waals surface area contributed by atoms with Crippen LogP contribution in [0.1, 0.15) is 0 Å². The largest absolute Gasteiger partial charge is 0.308 e. The van der Waals surface area contributed by atoms with Crippen LogP contribution in [0.4, 0.5) is 0 Å². The monoisotopic (exact) mass is 655 g/mol. The Labute approximate surface area is 289 Å². The van der Waals surface area contributed by atoms with E-state index in [1.54, 1.807) is 0 Å². The summed E-state index contributed by atoms with van der Waals surface area (Å²) < 4.78 is 7.96. The fraction of sp³-hybridized carbons (Fsp3) is 0. The minimum atomic E-state index is 1.19. The van der Waals surface area contributed by atoms with Crippen molar-refractivity contribution in [1.82, 2.24) is 4.57 Å². The van der Waals surface area contributed by atoms with Crippen LogP contribution in [-0.4, -0.2) is 4.57 Å². The van der Waals surface area contributed by atoms with Crippen LogP contribution in [0.25, 0.3) is 112 Å². The molecule has 1 aliphatic rings. The van der Waals surface area contributed by atoms with E-state index >= 15 is 0 Å². The third-order valence-corrected chi connectivity index (χ3v) is 13.1. The molecule has 0 saturated carbocycles. The normalized spacial score (nSPS) is 12.5. The minimum absolute atomic E-state index is 1.19. The van der Waals surface area contributed by atoms with Gasteiger partial charge in [-0.25, -0.2) is 0 Å². The summed E-state index contributed by atoms with van der Waals surface area (Å²) in [7, 11) is 0. The molecule has 12 rings (SSSR count). The van der Waals surface area contributed by atoms with E-state index in [0.29, 0.717) is 0 Å². The number of aromatic nitrogens is 1. The van der Waals surface area contributed by atoms with Gasteiger partial charge in [0.1, 0.15) is 0 Å². The molecule has 8 aromatic carbocycles. The van der Waals surface area contributed by atoms with Gasteiger partial charge in [-0.2, -0.15) is 0 Å². The van der Waals surface area contributed by atoms with Gasteiger partial charge in [-0.15, -0.1) is 22.7 Å². The van der Waals surface area contributed by atoms with E-state index in [4.69, 9.17) is 0 Å². The number of hydrogen-bond acceptors (Lipinski definition) is 2. The Bertz CT molecular complexity index is 3190. The summed E-state index contributed by atoms with van der Waals surface area (Å²) in [6.07, 6.45) is 0. The summed E-state index contributed by atoms with van der Waals surface area (Å²) >= 11 is 3.87. The molecule has 0 unspecified atom stereocenters. The zero-order valence-corrected chi connectivity index (χ0v) is 27.8. The van der Waals surface area contributed by atoms with Crippen LogP contribution >= 0.6 is 22.7 Å². The van der Waals surface area contributed by atoms with Crippen LogP contribution < -0.4 is 0 Å². The second-order valence-electron chi connectivity index (χ2n) is 13.2. The van der Waals surface area contributed by atoms with Crippen LogP contribution in [0, 0.1) is 0 Å². The highest BCUT2D eigenvalue weighted by molar-refractivity contribution is 7.29. The first kappa shape index (κ1) is 26.2. The topological polar surface area (TPSA) is 4.93 Å². The quantitative estimate of drug-likeness (QED) is 0.175. The summed E-state index contributed by atoms with van der Waals surface area (Å²) in [4.78, 5) is 0. The fourth-order valence-electron chi connectivity index (χ4n) is 8.76. The second kappa shape index (κ2) is 9.45. The average molecular weight is 656 g/mol. The lowest BCUT2D eigenvalue weighted by molar-refractivity contribution is 1.19. The molecule has 0 bridgehead atoms. The van der Waals surface area contributed by atoms with E-state index in [1.807, 2.05) is 22.7 Å². The molecule has 3 aromatic heterocycles. The molecule has 0 saturated heterocycles. The highest BCUT2D eigenvalue weighted by atomic mass is 32.1. The molecule has 0 aliphatic heterocycles. The van der Waals surface area contributed by atoms with Gasteiger partial charge >= 0.3 is 0 Å². The Morgan fingerprint density at radius 2 is 0.939 bits per heavy atom. The maximum absolute atomic E-state index is 2.55. The summed E-state index contributed by atoms with van der Waals surface area (Å²) in [5.74, 6) is 0. The lowest BCUT2D eigenvalue weighted by atomic mass is 9.94. The third kappa shape index (κ3) is 3.34. The summed E-state index contributed by atoms with van der Waals surface area (Å²) in [6, 6.07) is 56.4. The van der Waals surface area contributed by atoms with E-state index in [1.165, 1.54) is 112 Å². The molecule has 3 heteroatoms. The van der Waals surface area contributed by atoms with Crippen molar-refractivity contribution in [3.8, 4) is 39.1 Å². The van der Waals surface area contributed by atoms with Crippen LogP contribution in [-0.2, 0) is 0 Å². The number of fused-ring (bicyclic) bond motifs is 15. The van der Waals surface area contributed by atoms with E-state index in [2.05, 4.69) is 156 Å². The van der Waals surface area contributed by atoms with Crippen LogP contribution in [0.5, 0.6) is 0 Å². The predicted molar refractivity (Wildman–Crippen MR) is 214 cm³/mol. The fourth-order valence-corrected chi connectivity index (χ4v) is 11.3. The number of para-hydroxylation sites is 1. The number of hydrogen-bond donors (Lipinski definition) is 0. The van der Waals surface area contributed by atoms with Gasteiger partial charge in [0.25, 0.3) is 0 Å². The van der Waals surface area contributed by atoms with Crippen LogP contribution in [0.2, 0.25) is 0 Å². The summed E-state index contributed by atoms with van der Waals surface area (Å²) in [5, 5.41) is 10.8. The van der Waals surface area contributed by atoms with Gasteiger partial charge in [-0.3, -0.25) is 0 Å². The molecule has 0 N–H and O–H groups in total. The molecular formula is C46H25NS2. The smallest absolute Gasteiger partial charge is 0.0734 e. The number of rotatable bonds is 2. The van der Waals surface area contributed by atoms with Crippen molar-refractivity contribution in [3.05, 3.63) is 152 Å². The molecule has 0 amide bonds. The van der Waals surface area contributed by atoms with Gasteiger partial charge in [0, 0.05) is 52.1 Å². The molecule has 0 atom stereocenters. The Kier molecular flexibility index (Phi) is 5.06. The minimum Gasteiger partial charge on any atom is -0.308 e. The lowest BCUT2D eigenvalue weighted by Crippen LogP contribution is -1.95. The third-order valence-electron chi connectivity index (χ3n) is 10.7. The zero-order chi connectivity index (χ0) is 31.8. The summed E-state index contributed by atoms with van der Waals surface area (Å²) in [5.41, 5.74) is 11.6. The molecule has 0 radical (unpaired) electrons. The SMILES string of the molecule is c1cc(-c2ccc3c4c(cccc24)-c2ccccc2-3)cc(-n2c3ccccc3c3c4sc5ccccc5c4c4c5ccccc5sc4c32)c1. The molecule has 0 fully saturated rings. The number of benzene rings is 8. The van der Waals surface area contributed by atoms with E-state index in [-0.39, 0.29) is 0 Å². The number of nitrogens with zero attached hydrogens (tertiary/aromatic N) is 1. The highest BCUT2D eigenvalue weighted by Gasteiger charge is 2.25. The zero-order valence-electron chi connectivity index (χ0n) is 26.2. The van der Waals surface area contributed by atoms with Gasteiger partial charge in [0.05, 0.1) is 15.7 Å². The first-order chi connectivity index (χ1) is 24.3. The predicted octanol–water partition coefficient (Wildman–Crippen LogP) is 14.0. The van der Waals surface area contributed by atoms with Gasteiger partial charge < -0.3 is 4.57 Å². The summed E-state index contributed by atoms with van der Waals surface area (Å²) in [6.45, 7) is 0. The van der Waals surface area contributed by atoms with Gasteiger partial charge in [0.15, 0.2) is 0 Å². The highest BCUT2D eigenvalue weighted by Crippen LogP contribution is 2.53. The van der Waals surface area contributed by atoms with Crippen LogP contribution in [0.15, 0.2) is 152 Å². The van der Waals surface area contributed by atoms with Crippen LogP contribution in [0.3, 0.4) is 0 Å². The average Bonchev–Trinajstić information content (AvgIpc) is 3.91. The van der Waals surface area contributed by atoms with E-state index in [0.717, 1.165) is 0 Å². The standard InChI is InChI=1S/C46H25NS2/c1-2-14-30-29(13-1)32-19-10-18-31-28(23-24-33(30)40(31)32)26-11-9-12-27(25-26)47-37-20-6-3-15-34(37)43-44(47)46-42(36-17-5-8-22-39(36)49-46)41-35-16-4-7-21-38(35)48-45(41)43/h1-25H. The van der Waals surface area contributed by atoms with Gasteiger partial charge in [-0.05, 0) is 74.5 Å². The van der Waals surface area contributed by atoms with Crippen molar-refractivity contribution in [1.29, 1.82) is 0 Å². The van der Waals surface area contributed by atoms with Gasteiger partial charge in [-0.1, -0.05) is 121 Å². The Balaban J connectivity index is 1.20. The molecule has 0 spiro atoms. The van der Waals surface area contributed by atoms with Crippen molar-refractivity contribution < 1.29 is 0 Å². The molecule has 11 aromatic rings. The van der Waals surface area contributed by atoms with Crippen molar-refractivity contribution in [2.75, 3.05) is 0 Å². The Morgan fingerprint density at radius 1 is 0.367 bits per heavy atom. The van der Waals surface area contributed by atoms with Crippen molar-refractivity contribution >= 4 is 95.6 Å². The maximum Gasteiger partial charge on any atom is 0.0734 e. The van der Waals surface area contributed by atoms with E-state index < -0.39 is 0 Å². The second-order valence-corrected chi connectivity index (χ2v) is 15.3. The Morgan fingerprint density at radius 3 is 1.73 bits per heavy atom. The maximum atomic E-state index is 2.55. The van der Waals surface area contributed by atoms with Crippen molar-refractivity contribution in [3.63, 3.8) is 0 Å². The van der Waals surface area contributed by atoms with Gasteiger partial charge in [0.2, 0.25) is 0 Å². The Hall–Kier alpha value is -5.74. The molecule has 226 valence electrons.